The highest BCUT2D eigenvalue weighted by molar-refractivity contribution is 6.40. The summed E-state index contributed by atoms with van der Waals surface area (Å²) in [6.45, 7) is 1.94. The number of anilines is 1. The van der Waals surface area contributed by atoms with E-state index in [9.17, 15) is 19.2 Å². The van der Waals surface area contributed by atoms with Crippen LogP contribution in [0, 0.1) is 0 Å². The first-order chi connectivity index (χ1) is 10.4. The normalized spacial score (nSPS) is 15.0. The fourth-order valence-corrected chi connectivity index (χ4v) is 2.05. The Balaban J connectivity index is 2.12. The standard InChI is InChI=1S/C15H16N2O5/c1-3-22-15(21)14(20)10-4-6-11(7-5-10)17-8-12(18)16(2)13(19)9-17/h4-7H,3,8-9H2,1-2H3. The number of ketones is 1. The van der Waals surface area contributed by atoms with Gasteiger partial charge in [0.15, 0.2) is 0 Å². The summed E-state index contributed by atoms with van der Waals surface area (Å²) in [5.74, 6) is -2.20. The third-order valence-corrected chi connectivity index (χ3v) is 3.36. The number of benzene rings is 1. The zero-order valence-corrected chi connectivity index (χ0v) is 12.4. The van der Waals surface area contributed by atoms with Crippen LogP contribution in [-0.4, -0.2) is 55.2 Å². The van der Waals surface area contributed by atoms with Crippen LogP contribution in [0.3, 0.4) is 0 Å². The summed E-state index contributed by atoms with van der Waals surface area (Å²) in [5.41, 5.74) is 0.837. The molecule has 22 heavy (non-hydrogen) atoms. The number of amides is 2. The molecule has 1 aliphatic heterocycles. The van der Waals surface area contributed by atoms with Crippen molar-refractivity contribution in [1.29, 1.82) is 0 Å². The fourth-order valence-electron chi connectivity index (χ4n) is 2.05. The van der Waals surface area contributed by atoms with Gasteiger partial charge in [-0.2, -0.15) is 0 Å². The van der Waals surface area contributed by atoms with Gasteiger partial charge in [0.1, 0.15) is 0 Å². The van der Waals surface area contributed by atoms with Crippen molar-refractivity contribution in [3.05, 3.63) is 29.8 Å². The van der Waals surface area contributed by atoms with Gasteiger partial charge >= 0.3 is 5.97 Å². The summed E-state index contributed by atoms with van der Waals surface area (Å²) in [7, 11) is 1.45. The fraction of sp³-hybridized carbons (Fsp3) is 0.333. The molecule has 1 saturated heterocycles. The SMILES string of the molecule is CCOC(=O)C(=O)c1ccc(N2CC(=O)N(C)C(=O)C2)cc1. The van der Waals surface area contributed by atoms with Gasteiger partial charge in [-0.1, -0.05) is 0 Å². The number of Topliss-reactive ketones (excluding diaryl/α,β-unsaturated/α-hetero) is 1. The molecule has 1 aromatic carbocycles. The Kier molecular flexibility index (Phi) is 4.55. The first kappa shape index (κ1) is 15.7. The van der Waals surface area contributed by atoms with Gasteiger partial charge in [0.2, 0.25) is 11.8 Å². The molecule has 0 radical (unpaired) electrons. The van der Waals surface area contributed by atoms with Crippen LogP contribution >= 0.6 is 0 Å². The highest BCUT2D eigenvalue weighted by Crippen LogP contribution is 2.18. The average Bonchev–Trinajstić information content (AvgIpc) is 2.51. The number of likely N-dealkylation sites (N-methyl/N-ethyl adjacent to an activating group) is 1. The Morgan fingerprint density at radius 3 is 2.14 bits per heavy atom. The van der Waals surface area contributed by atoms with Gasteiger partial charge in [-0.3, -0.25) is 19.3 Å². The first-order valence-electron chi connectivity index (χ1n) is 6.80. The smallest absolute Gasteiger partial charge is 0.379 e. The second-order valence-electron chi connectivity index (χ2n) is 4.80. The molecule has 0 aromatic heterocycles. The number of hydrogen-bond acceptors (Lipinski definition) is 6. The maximum atomic E-state index is 11.8. The number of nitrogens with zero attached hydrogens (tertiary/aromatic N) is 2. The van der Waals surface area contributed by atoms with E-state index in [-0.39, 0.29) is 37.1 Å². The van der Waals surface area contributed by atoms with Gasteiger partial charge in [-0.15, -0.1) is 0 Å². The maximum Gasteiger partial charge on any atom is 0.379 e. The van der Waals surface area contributed by atoms with Gasteiger partial charge in [0.25, 0.3) is 5.78 Å². The Morgan fingerprint density at radius 1 is 1.09 bits per heavy atom. The highest BCUT2D eigenvalue weighted by Gasteiger charge is 2.28. The monoisotopic (exact) mass is 304 g/mol. The topological polar surface area (TPSA) is 84.0 Å². The van der Waals surface area contributed by atoms with Crippen molar-refractivity contribution < 1.29 is 23.9 Å². The summed E-state index contributed by atoms with van der Waals surface area (Å²) in [4.78, 5) is 49.2. The molecule has 1 heterocycles. The molecule has 0 aliphatic carbocycles. The van der Waals surface area contributed by atoms with Gasteiger partial charge in [0.05, 0.1) is 19.7 Å². The summed E-state index contributed by atoms with van der Waals surface area (Å²) in [6, 6.07) is 6.14. The zero-order valence-electron chi connectivity index (χ0n) is 12.4. The molecule has 7 heteroatoms. The third-order valence-electron chi connectivity index (χ3n) is 3.36. The van der Waals surface area contributed by atoms with Crippen LogP contribution in [0.2, 0.25) is 0 Å². The van der Waals surface area contributed by atoms with Gasteiger partial charge in [0, 0.05) is 18.3 Å². The largest absolute Gasteiger partial charge is 0.460 e. The van der Waals surface area contributed by atoms with Crippen molar-refractivity contribution >= 4 is 29.3 Å². The minimum atomic E-state index is -0.903. The minimum absolute atomic E-state index is 0.0907. The van der Waals surface area contributed by atoms with E-state index >= 15 is 0 Å². The van der Waals surface area contributed by atoms with Gasteiger partial charge in [-0.05, 0) is 31.2 Å². The molecule has 0 spiro atoms. The number of carbonyl (C=O) groups excluding carboxylic acids is 4. The third kappa shape index (κ3) is 3.13. The molecule has 0 unspecified atom stereocenters. The lowest BCUT2D eigenvalue weighted by molar-refractivity contribution is -0.143. The zero-order chi connectivity index (χ0) is 16.3. The van der Waals surface area contributed by atoms with E-state index in [1.807, 2.05) is 0 Å². The molecular weight excluding hydrogens is 288 g/mol. The van der Waals surface area contributed by atoms with E-state index in [0.29, 0.717) is 5.69 Å². The maximum absolute atomic E-state index is 11.8. The van der Waals surface area contributed by atoms with Crippen molar-refractivity contribution in [2.45, 2.75) is 6.92 Å². The highest BCUT2D eigenvalue weighted by atomic mass is 16.5. The molecule has 0 saturated carbocycles. The molecule has 2 rings (SSSR count). The Hall–Kier alpha value is -2.70. The second kappa shape index (κ2) is 6.38. The van der Waals surface area contributed by atoms with Crippen molar-refractivity contribution in [2.24, 2.45) is 0 Å². The molecule has 1 fully saturated rings. The number of rotatable bonds is 4. The summed E-state index contributed by atoms with van der Waals surface area (Å²) in [6.07, 6.45) is 0. The summed E-state index contributed by atoms with van der Waals surface area (Å²) in [5, 5.41) is 0. The Bertz CT molecular complexity index is 605. The van der Waals surface area contributed by atoms with Crippen molar-refractivity contribution in [3.8, 4) is 0 Å². The first-order valence-corrected chi connectivity index (χ1v) is 6.80. The predicted octanol–water partition coefficient (Wildman–Crippen LogP) is 0.237. The number of piperazine rings is 1. The van der Waals surface area contributed by atoms with E-state index in [1.54, 1.807) is 24.0 Å². The van der Waals surface area contributed by atoms with E-state index in [0.717, 1.165) is 4.90 Å². The van der Waals surface area contributed by atoms with Gasteiger partial charge in [-0.25, -0.2) is 4.79 Å². The van der Waals surface area contributed by atoms with Crippen molar-refractivity contribution in [1.82, 2.24) is 4.90 Å². The number of imide groups is 1. The molecular formula is C15H16N2O5. The molecule has 116 valence electrons. The van der Waals surface area contributed by atoms with Crippen LogP contribution in [-0.2, 0) is 19.1 Å². The summed E-state index contributed by atoms with van der Waals surface area (Å²) >= 11 is 0. The lowest BCUT2D eigenvalue weighted by Crippen LogP contribution is -2.52. The van der Waals surface area contributed by atoms with Crippen LogP contribution in [0.1, 0.15) is 17.3 Å². The van der Waals surface area contributed by atoms with Crippen LogP contribution in [0.15, 0.2) is 24.3 Å². The number of esters is 1. The van der Waals surface area contributed by atoms with Crippen LogP contribution in [0.25, 0.3) is 0 Å². The number of ether oxygens (including phenoxy) is 1. The van der Waals surface area contributed by atoms with Gasteiger partial charge < -0.3 is 9.64 Å². The van der Waals surface area contributed by atoms with Crippen molar-refractivity contribution in [2.75, 3.05) is 31.6 Å². The predicted molar refractivity (Wildman–Crippen MR) is 77.4 cm³/mol. The molecule has 7 nitrogen and oxygen atoms in total. The molecule has 0 atom stereocenters. The molecule has 1 aromatic rings. The Morgan fingerprint density at radius 2 is 1.64 bits per heavy atom. The number of hydrogen-bond donors (Lipinski definition) is 0. The van der Waals surface area contributed by atoms with E-state index in [2.05, 4.69) is 4.74 Å². The minimum Gasteiger partial charge on any atom is -0.460 e. The molecule has 0 N–H and O–H groups in total. The van der Waals surface area contributed by atoms with E-state index in [4.69, 9.17) is 0 Å². The Labute approximate surface area is 127 Å². The molecule has 2 amide bonds. The second-order valence-corrected chi connectivity index (χ2v) is 4.80. The lowest BCUT2D eigenvalue weighted by Gasteiger charge is -2.31. The molecule has 1 aliphatic rings. The molecule has 0 bridgehead atoms. The summed E-state index contributed by atoms with van der Waals surface area (Å²) < 4.78 is 4.65. The quantitative estimate of drug-likeness (QED) is 0.343. The van der Waals surface area contributed by atoms with Crippen LogP contribution in [0.4, 0.5) is 5.69 Å². The van der Waals surface area contributed by atoms with E-state index in [1.165, 1.54) is 19.2 Å². The number of carbonyl (C=O) groups is 4. The van der Waals surface area contributed by atoms with Crippen LogP contribution < -0.4 is 4.90 Å². The van der Waals surface area contributed by atoms with E-state index < -0.39 is 11.8 Å². The van der Waals surface area contributed by atoms with Crippen LogP contribution in [0.5, 0.6) is 0 Å². The lowest BCUT2D eigenvalue weighted by atomic mass is 10.1. The van der Waals surface area contributed by atoms with Crippen molar-refractivity contribution in [3.63, 3.8) is 0 Å². The average molecular weight is 304 g/mol.